The third-order valence-corrected chi connectivity index (χ3v) is 2.62. The first-order chi connectivity index (χ1) is 6.73. The highest BCUT2D eigenvalue weighted by Gasteiger charge is 2.21. The molecule has 15 heavy (non-hydrogen) atoms. The Morgan fingerprint density at radius 3 is 2.20 bits per heavy atom. The first-order valence-corrected chi connectivity index (χ1v) is 5.21. The Morgan fingerprint density at radius 1 is 1.33 bits per heavy atom. The van der Waals surface area contributed by atoms with Gasteiger partial charge in [-0.3, -0.25) is 4.79 Å². The van der Waals surface area contributed by atoms with E-state index in [-0.39, 0.29) is 5.41 Å². The van der Waals surface area contributed by atoms with Crippen molar-refractivity contribution in [1.29, 1.82) is 0 Å². The van der Waals surface area contributed by atoms with Crippen LogP contribution in [0.4, 0.5) is 0 Å². The summed E-state index contributed by atoms with van der Waals surface area (Å²) in [6, 6.07) is 3.42. The lowest BCUT2D eigenvalue weighted by atomic mass is 9.83. The molecule has 0 saturated carbocycles. The number of benzene rings is 1. The van der Waals surface area contributed by atoms with E-state index in [0.717, 1.165) is 11.1 Å². The summed E-state index contributed by atoms with van der Waals surface area (Å²) in [4.78, 5) is 11.0. The van der Waals surface area contributed by atoms with Gasteiger partial charge in [0.2, 0.25) is 5.91 Å². The van der Waals surface area contributed by atoms with Gasteiger partial charge in [-0.2, -0.15) is 0 Å². The van der Waals surface area contributed by atoms with Gasteiger partial charge in [-0.25, -0.2) is 0 Å². The lowest BCUT2D eigenvalue weighted by Crippen LogP contribution is -2.17. The van der Waals surface area contributed by atoms with Crippen LogP contribution in [0.15, 0.2) is 12.1 Å². The van der Waals surface area contributed by atoms with Gasteiger partial charge in [0.25, 0.3) is 0 Å². The average Bonchev–Trinajstić information content (AvgIpc) is 1.99. The van der Waals surface area contributed by atoms with Crippen molar-refractivity contribution in [2.24, 2.45) is 5.73 Å². The molecule has 0 aliphatic rings. The van der Waals surface area contributed by atoms with E-state index in [4.69, 9.17) is 17.3 Å². The molecule has 1 amide bonds. The lowest BCUT2D eigenvalue weighted by molar-refractivity contribution is 0.1000. The number of primary amides is 1. The maximum absolute atomic E-state index is 11.0. The number of hydrogen-bond acceptors (Lipinski definition) is 1. The van der Waals surface area contributed by atoms with Gasteiger partial charge < -0.3 is 5.73 Å². The predicted octanol–water partition coefficient (Wildman–Crippen LogP) is 3.04. The summed E-state index contributed by atoms with van der Waals surface area (Å²) >= 11 is 6.16. The zero-order chi connectivity index (χ0) is 11.8. The minimum atomic E-state index is -0.444. The first-order valence-electron chi connectivity index (χ1n) is 4.84. The van der Waals surface area contributed by atoms with Crippen LogP contribution in [0.3, 0.4) is 0 Å². The molecule has 82 valence electrons. The second-order valence-corrected chi connectivity index (χ2v) is 5.17. The third kappa shape index (κ3) is 2.51. The van der Waals surface area contributed by atoms with Crippen LogP contribution in [0.25, 0.3) is 0 Å². The van der Waals surface area contributed by atoms with Crippen LogP contribution >= 0.6 is 11.6 Å². The smallest absolute Gasteiger partial charge is 0.248 e. The number of halogens is 1. The van der Waals surface area contributed by atoms with Crippen molar-refractivity contribution in [2.45, 2.75) is 33.1 Å². The van der Waals surface area contributed by atoms with Gasteiger partial charge in [0, 0.05) is 10.6 Å². The molecule has 1 aromatic carbocycles. The highest BCUT2D eigenvalue weighted by molar-refractivity contribution is 6.32. The number of rotatable bonds is 1. The molecule has 0 bridgehead atoms. The molecule has 1 rings (SSSR count). The van der Waals surface area contributed by atoms with E-state index in [1.165, 1.54) is 0 Å². The monoisotopic (exact) mass is 225 g/mol. The molecule has 0 heterocycles. The molecule has 0 unspecified atom stereocenters. The van der Waals surface area contributed by atoms with E-state index < -0.39 is 5.91 Å². The summed E-state index contributed by atoms with van der Waals surface area (Å²) in [6.07, 6.45) is 0. The highest BCUT2D eigenvalue weighted by Crippen LogP contribution is 2.33. The molecule has 0 saturated heterocycles. The molecular weight excluding hydrogens is 210 g/mol. The van der Waals surface area contributed by atoms with Crippen molar-refractivity contribution >= 4 is 17.5 Å². The average molecular weight is 226 g/mol. The van der Waals surface area contributed by atoms with Gasteiger partial charge in [0.05, 0.1) is 0 Å². The summed E-state index contributed by atoms with van der Waals surface area (Å²) in [5.41, 5.74) is 7.71. The molecular formula is C12H16ClNO. The number of nitrogens with two attached hydrogens (primary N) is 1. The molecule has 2 nitrogen and oxygen atoms in total. The largest absolute Gasteiger partial charge is 0.366 e. The van der Waals surface area contributed by atoms with Crippen LogP contribution in [-0.2, 0) is 5.41 Å². The van der Waals surface area contributed by atoms with Crippen LogP contribution in [0, 0.1) is 6.92 Å². The summed E-state index contributed by atoms with van der Waals surface area (Å²) in [7, 11) is 0. The quantitative estimate of drug-likeness (QED) is 0.785. The molecule has 0 radical (unpaired) electrons. The fourth-order valence-electron chi connectivity index (χ4n) is 1.84. The summed E-state index contributed by atoms with van der Waals surface area (Å²) in [5, 5.41) is 0.608. The van der Waals surface area contributed by atoms with Crippen LogP contribution in [-0.4, -0.2) is 5.91 Å². The summed E-state index contributed by atoms with van der Waals surface area (Å²) in [5.74, 6) is -0.444. The second-order valence-electron chi connectivity index (χ2n) is 4.76. The number of amides is 1. The number of carbonyl (C=O) groups excluding carboxylic acids is 1. The van der Waals surface area contributed by atoms with Crippen molar-refractivity contribution in [2.75, 3.05) is 0 Å². The summed E-state index contributed by atoms with van der Waals surface area (Å²) < 4.78 is 0. The van der Waals surface area contributed by atoms with Gasteiger partial charge in [-0.05, 0) is 35.6 Å². The Balaban J connectivity index is 3.41. The zero-order valence-electron chi connectivity index (χ0n) is 9.52. The van der Waals surface area contributed by atoms with E-state index >= 15 is 0 Å². The molecule has 0 fully saturated rings. The Morgan fingerprint density at radius 2 is 1.87 bits per heavy atom. The third-order valence-electron chi connectivity index (χ3n) is 2.32. The van der Waals surface area contributed by atoms with E-state index in [1.54, 1.807) is 12.1 Å². The Kier molecular flexibility index (Phi) is 3.10. The van der Waals surface area contributed by atoms with E-state index in [1.807, 2.05) is 6.92 Å². The number of hydrogen-bond donors (Lipinski definition) is 1. The fraction of sp³-hybridized carbons (Fsp3) is 0.417. The van der Waals surface area contributed by atoms with Crippen molar-refractivity contribution < 1.29 is 4.79 Å². The maximum Gasteiger partial charge on any atom is 0.248 e. The molecule has 0 spiro atoms. The van der Waals surface area contributed by atoms with Crippen LogP contribution in [0.1, 0.15) is 42.3 Å². The molecule has 0 aliphatic carbocycles. The minimum absolute atomic E-state index is 0.0304. The normalized spacial score (nSPS) is 11.5. The van der Waals surface area contributed by atoms with Crippen molar-refractivity contribution in [3.8, 4) is 0 Å². The molecule has 3 heteroatoms. The standard InChI is InChI=1S/C12H16ClNO/c1-7-5-8(11(14)15)6-9(13)10(7)12(2,3)4/h5-6H,1-4H3,(H2,14,15). The van der Waals surface area contributed by atoms with Crippen LogP contribution in [0.2, 0.25) is 5.02 Å². The summed E-state index contributed by atoms with van der Waals surface area (Å²) in [6.45, 7) is 8.21. The zero-order valence-corrected chi connectivity index (χ0v) is 10.3. The van der Waals surface area contributed by atoms with E-state index in [0.29, 0.717) is 10.6 Å². The predicted molar refractivity (Wildman–Crippen MR) is 63.4 cm³/mol. The Labute approximate surface area is 95.4 Å². The second kappa shape index (κ2) is 3.86. The van der Waals surface area contributed by atoms with Gasteiger partial charge in [0.15, 0.2) is 0 Å². The fourth-order valence-corrected chi connectivity index (χ4v) is 2.39. The molecule has 0 atom stereocenters. The highest BCUT2D eigenvalue weighted by atomic mass is 35.5. The van der Waals surface area contributed by atoms with Crippen LogP contribution in [0.5, 0.6) is 0 Å². The Bertz CT molecular complexity index is 382. The number of aryl methyl sites for hydroxylation is 1. The van der Waals surface area contributed by atoms with Gasteiger partial charge >= 0.3 is 0 Å². The number of carbonyl (C=O) groups is 1. The molecule has 0 aromatic heterocycles. The Hall–Kier alpha value is -1.02. The maximum atomic E-state index is 11.0. The van der Waals surface area contributed by atoms with Crippen LogP contribution < -0.4 is 5.73 Å². The van der Waals surface area contributed by atoms with Gasteiger partial charge in [-0.1, -0.05) is 32.4 Å². The minimum Gasteiger partial charge on any atom is -0.366 e. The van der Waals surface area contributed by atoms with Crippen molar-refractivity contribution in [1.82, 2.24) is 0 Å². The first kappa shape index (κ1) is 12.1. The SMILES string of the molecule is Cc1cc(C(N)=O)cc(Cl)c1C(C)(C)C. The van der Waals surface area contributed by atoms with Gasteiger partial charge in [0.1, 0.15) is 0 Å². The molecule has 0 aliphatic heterocycles. The van der Waals surface area contributed by atoms with Crippen molar-refractivity contribution in [3.63, 3.8) is 0 Å². The molecule has 2 N–H and O–H groups in total. The molecule has 1 aromatic rings. The van der Waals surface area contributed by atoms with E-state index in [2.05, 4.69) is 20.8 Å². The van der Waals surface area contributed by atoms with Crippen molar-refractivity contribution in [3.05, 3.63) is 33.8 Å². The topological polar surface area (TPSA) is 43.1 Å². The van der Waals surface area contributed by atoms with Gasteiger partial charge in [-0.15, -0.1) is 0 Å². The lowest BCUT2D eigenvalue weighted by Gasteiger charge is -2.23. The van der Waals surface area contributed by atoms with E-state index in [9.17, 15) is 4.79 Å².